The van der Waals surface area contributed by atoms with E-state index < -0.39 is 28.0 Å². The summed E-state index contributed by atoms with van der Waals surface area (Å²) in [5.41, 5.74) is 0. The predicted octanol–water partition coefficient (Wildman–Crippen LogP) is 0.546. The van der Waals surface area contributed by atoms with Gasteiger partial charge in [-0.3, -0.25) is 4.79 Å². The Morgan fingerprint density at radius 3 is 2.82 bits per heavy atom. The monoisotopic (exact) mass is 258 g/mol. The molecule has 94 valence electrons. The first-order valence-corrected chi connectivity index (χ1v) is 6.87. The molecule has 3 N–H and O–H groups in total. The SMILES string of the molecule is O=C(O)C1CCCC1NS(=O)(=O)c1cc[nH]c1. The molecule has 1 fully saturated rings. The molecule has 1 aromatic rings. The lowest BCUT2D eigenvalue weighted by Gasteiger charge is -2.16. The average molecular weight is 258 g/mol. The molecule has 17 heavy (non-hydrogen) atoms. The van der Waals surface area contributed by atoms with Gasteiger partial charge >= 0.3 is 5.97 Å². The molecule has 0 bridgehead atoms. The van der Waals surface area contributed by atoms with Gasteiger partial charge in [-0.05, 0) is 18.9 Å². The van der Waals surface area contributed by atoms with Crippen LogP contribution in [0.15, 0.2) is 23.4 Å². The van der Waals surface area contributed by atoms with E-state index in [0.717, 1.165) is 6.42 Å². The van der Waals surface area contributed by atoms with Gasteiger partial charge in [-0.15, -0.1) is 0 Å². The number of nitrogens with one attached hydrogen (secondary N) is 2. The molecule has 2 atom stereocenters. The molecule has 1 heterocycles. The zero-order chi connectivity index (χ0) is 12.5. The summed E-state index contributed by atoms with van der Waals surface area (Å²) in [6.45, 7) is 0. The van der Waals surface area contributed by atoms with Crippen LogP contribution in [0.4, 0.5) is 0 Å². The van der Waals surface area contributed by atoms with Crippen molar-refractivity contribution in [1.29, 1.82) is 0 Å². The van der Waals surface area contributed by atoms with Crippen molar-refractivity contribution in [3.8, 4) is 0 Å². The fraction of sp³-hybridized carbons (Fsp3) is 0.500. The number of carboxylic acid groups (broad SMARTS) is 1. The van der Waals surface area contributed by atoms with E-state index in [1.165, 1.54) is 18.5 Å². The van der Waals surface area contributed by atoms with E-state index in [9.17, 15) is 13.2 Å². The van der Waals surface area contributed by atoms with E-state index >= 15 is 0 Å². The van der Waals surface area contributed by atoms with Gasteiger partial charge in [0.15, 0.2) is 0 Å². The second kappa shape index (κ2) is 4.50. The van der Waals surface area contributed by atoms with E-state index in [0.29, 0.717) is 12.8 Å². The topological polar surface area (TPSA) is 99.3 Å². The Morgan fingerprint density at radius 1 is 1.47 bits per heavy atom. The normalized spacial score (nSPS) is 24.9. The Morgan fingerprint density at radius 2 is 2.24 bits per heavy atom. The van der Waals surface area contributed by atoms with Crippen LogP contribution in [0.25, 0.3) is 0 Å². The van der Waals surface area contributed by atoms with E-state index in [2.05, 4.69) is 9.71 Å². The molecule has 7 heteroatoms. The minimum atomic E-state index is -3.61. The molecule has 0 spiro atoms. The van der Waals surface area contributed by atoms with Crippen LogP contribution in [-0.2, 0) is 14.8 Å². The number of hydrogen-bond donors (Lipinski definition) is 3. The maximum atomic E-state index is 11.9. The summed E-state index contributed by atoms with van der Waals surface area (Å²) < 4.78 is 26.2. The number of H-pyrrole nitrogens is 1. The molecule has 1 aliphatic rings. The maximum absolute atomic E-state index is 11.9. The zero-order valence-corrected chi connectivity index (χ0v) is 9.90. The predicted molar refractivity (Wildman–Crippen MR) is 59.9 cm³/mol. The van der Waals surface area contributed by atoms with Crippen LogP contribution in [-0.4, -0.2) is 30.5 Å². The van der Waals surface area contributed by atoms with Gasteiger partial charge in [0, 0.05) is 18.4 Å². The van der Waals surface area contributed by atoms with Crippen LogP contribution < -0.4 is 4.72 Å². The molecule has 0 aromatic carbocycles. The van der Waals surface area contributed by atoms with Crippen molar-refractivity contribution in [3.05, 3.63) is 18.5 Å². The van der Waals surface area contributed by atoms with Crippen molar-refractivity contribution in [2.45, 2.75) is 30.2 Å². The van der Waals surface area contributed by atoms with Gasteiger partial charge in [0.25, 0.3) is 0 Å². The number of carbonyl (C=O) groups is 1. The third-order valence-electron chi connectivity index (χ3n) is 3.02. The molecule has 0 saturated heterocycles. The summed E-state index contributed by atoms with van der Waals surface area (Å²) in [6, 6.07) is 0.931. The Hall–Kier alpha value is -1.34. The van der Waals surface area contributed by atoms with Gasteiger partial charge in [0.05, 0.1) is 10.8 Å². The van der Waals surface area contributed by atoms with E-state index in [1.807, 2.05) is 0 Å². The number of aromatic amines is 1. The van der Waals surface area contributed by atoms with Crippen molar-refractivity contribution in [3.63, 3.8) is 0 Å². The van der Waals surface area contributed by atoms with E-state index in [-0.39, 0.29) is 4.90 Å². The van der Waals surface area contributed by atoms with Gasteiger partial charge in [0.1, 0.15) is 0 Å². The van der Waals surface area contributed by atoms with Crippen molar-refractivity contribution in [2.75, 3.05) is 0 Å². The molecule has 1 aliphatic carbocycles. The summed E-state index contributed by atoms with van der Waals surface area (Å²) in [4.78, 5) is 13.7. The first-order valence-electron chi connectivity index (χ1n) is 5.38. The van der Waals surface area contributed by atoms with Crippen molar-refractivity contribution in [2.24, 2.45) is 5.92 Å². The number of hydrogen-bond acceptors (Lipinski definition) is 3. The van der Waals surface area contributed by atoms with Crippen LogP contribution in [0.3, 0.4) is 0 Å². The fourth-order valence-corrected chi connectivity index (χ4v) is 3.43. The molecular weight excluding hydrogens is 244 g/mol. The number of carboxylic acids is 1. The molecule has 1 aromatic heterocycles. The highest BCUT2D eigenvalue weighted by atomic mass is 32.2. The molecule has 0 amide bonds. The third kappa shape index (κ3) is 2.50. The Kier molecular flexibility index (Phi) is 3.21. The van der Waals surface area contributed by atoms with Crippen molar-refractivity contribution < 1.29 is 18.3 Å². The molecular formula is C10H14N2O4S. The zero-order valence-electron chi connectivity index (χ0n) is 9.09. The van der Waals surface area contributed by atoms with Gasteiger partial charge in [0.2, 0.25) is 10.0 Å². The van der Waals surface area contributed by atoms with E-state index in [1.54, 1.807) is 0 Å². The number of aromatic nitrogens is 1. The molecule has 2 rings (SSSR count). The van der Waals surface area contributed by atoms with Gasteiger partial charge in [-0.25, -0.2) is 13.1 Å². The first-order chi connectivity index (χ1) is 8.00. The molecule has 1 saturated carbocycles. The summed E-state index contributed by atoms with van der Waals surface area (Å²) in [7, 11) is -3.61. The summed E-state index contributed by atoms with van der Waals surface area (Å²) in [6.07, 6.45) is 4.71. The second-order valence-corrected chi connectivity index (χ2v) is 5.86. The Labute approximate surface area is 99.1 Å². The number of sulfonamides is 1. The highest BCUT2D eigenvalue weighted by molar-refractivity contribution is 7.89. The fourth-order valence-electron chi connectivity index (χ4n) is 2.14. The molecule has 0 aliphatic heterocycles. The molecule has 6 nitrogen and oxygen atoms in total. The molecule has 2 unspecified atom stereocenters. The highest BCUT2D eigenvalue weighted by Crippen LogP contribution is 2.27. The number of rotatable bonds is 4. The molecule has 0 radical (unpaired) electrons. The number of aliphatic carboxylic acids is 1. The first kappa shape index (κ1) is 12.1. The Bertz CT molecular complexity index is 494. The lowest BCUT2D eigenvalue weighted by molar-refractivity contribution is -0.141. The minimum Gasteiger partial charge on any atom is -0.481 e. The van der Waals surface area contributed by atoms with Crippen LogP contribution in [0, 0.1) is 5.92 Å². The second-order valence-electron chi connectivity index (χ2n) is 4.15. The van der Waals surface area contributed by atoms with Crippen LogP contribution >= 0.6 is 0 Å². The van der Waals surface area contributed by atoms with Crippen molar-refractivity contribution in [1.82, 2.24) is 9.71 Å². The largest absolute Gasteiger partial charge is 0.481 e. The smallest absolute Gasteiger partial charge is 0.308 e. The van der Waals surface area contributed by atoms with Crippen LogP contribution in [0.1, 0.15) is 19.3 Å². The maximum Gasteiger partial charge on any atom is 0.308 e. The highest BCUT2D eigenvalue weighted by Gasteiger charge is 2.35. The van der Waals surface area contributed by atoms with Gasteiger partial charge < -0.3 is 10.1 Å². The van der Waals surface area contributed by atoms with Crippen molar-refractivity contribution >= 4 is 16.0 Å². The van der Waals surface area contributed by atoms with Gasteiger partial charge in [-0.2, -0.15) is 0 Å². The minimum absolute atomic E-state index is 0.133. The summed E-state index contributed by atoms with van der Waals surface area (Å²) in [5, 5.41) is 8.97. The Balaban J connectivity index is 2.14. The standard InChI is InChI=1S/C10H14N2O4S/c13-10(14)8-2-1-3-9(8)12-17(15,16)7-4-5-11-6-7/h4-6,8-9,11-12H,1-3H2,(H,13,14). The lowest BCUT2D eigenvalue weighted by Crippen LogP contribution is -2.39. The van der Waals surface area contributed by atoms with Crippen LogP contribution in [0.2, 0.25) is 0 Å². The van der Waals surface area contributed by atoms with Crippen LogP contribution in [0.5, 0.6) is 0 Å². The lowest BCUT2D eigenvalue weighted by atomic mass is 10.1. The quantitative estimate of drug-likeness (QED) is 0.734. The summed E-state index contributed by atoms with van der Waals surface area (Å²) in [5.74, 6) is -1.56. The average Bonchev–Trinajstić information content (AvgIpc) is 2.85. The van der Waals surface area contributed by atoms with E-state index in [4.69, 9.17) is 5.11 Å². The van der Waals surface area contributed by atoms with Gasteiger partial charge in [-0.1, -0.05) is 6.42 Å². The third-order valence-corrected chi connectivity index (χ3v) is 4.51. The summed E-state index contributed by atoms with van der Waals surface area (Å²) >= 11 is 0.